The number of piperidine rings is 2. The van der Waals surface area contributed by atoms with Crippen molar-refractivity contribution >= 4 is 46.6 Å². The molecule has 0 atom stereocenters. The van der Waals surface area contributed by atoms with Crippen LogP contribution >= 0.6 is 0 Å². The van der Waals surface area contributed by atoms with Crippen molar-refractivity contribution in [2.75, 3.05) is 44.2 Å². The summed E-state index contributed by atoms with van der Waals surface area (Å²) in [5.74, 6) is 2.64. The molecule has 4 rings (SSSR count). The molecule has 7 heteroatoms. The second kappa shape index (κ2) is 9.49. The van der Waals surface area contributed by atoms with E-state index in [1.807, 2.05) is 9.80 Å². The first-order chi connectivity index (χ1) is 14.9. The standard InChI is InChI=1S/C24H30N3O3.Tl/c1-3-4-17-30-23(29)26-13-9-20(10-14-26)25-15-11-24(12-16-25)18-27(19(2)28)22-8-6-5-7-21(22)24;/h1,6-8,20H,4,9-18H2,2H3;. The van der Waals surface area contributed by atoms with E-state index in [0.717, 1.165) is 89.9 Å². The molecule has 162 valence electrons. The number of amides is 2. The molecule has 3 aliphatic rings. The number of rotatable bonds is 3. The summed E-state index contributed by atoms with van der Waals surface area (Å²) in [6, 6.07) is 7.22. The van der Waals surface area contributed by atoms with Crippen LogP contribution in [-0.2, 0) is 14.9 Å². The number of likely N-dealkylation sites (tertiary alicyclic amines) is 2. The molecular weight excluding hydrogens is 583 g/mol. The first-order valence-electron chi connectivity index (χ1n) is 11.2. The van der Waals surface area contributed by atoms with Crippen LogP contribution in [0.2, 0.25) is 0 Å². The van der Waals surface area contributed by atoms with Gasteiger partial charge in [-0.3, -0.25) is 0 Å². The number of carbonyl (C=O) groups is 2. The molecule has 0 unspecified atom stereocenters. The number of carbonyl (C=O) groups excluding carboxylic acids is 2. The average molecular weight is 613 g/mol. The Kier molecular flexibility index (Phi) is 6.92. The van der Waals surface area contributed by atoms with E-state index in [-0.39, 0.29) is 17.4 Å². The van der Waals surface area contributed by atoms with E-state index in [1.165, 1.54) is 8.69 Å². The topological polar surface area (TPSA) is 53.1 Å². The maximum atomic E-state index is 12.3. The van der Waals surface area contributed by atoms with Crippen LogP contribution in [0.25, 0.3) is 0 Å². The summed E-state index contributed by atoms with van der Waals surface area (Å²) in [6.45, 7) is 6.39. The fourth-order valence-electron chi connectivity index (χ4n) is 5.41. The number of terminal acetylenes is 1. The molecule has 1 spiro atoms. The zero-order valence-corrected chi connectivity index (χ0v) is 22.8. The third-order valence-electron chi connectivity index (χ3n) is 7.19. The maximum absolute atomic E-state index is 12.3. The van der Waals surface area contributed by atoms with E-state index in [0.29, 0.717) is 19.1 Å². The number of nitrogens with zero attached hydrogens (tertiary/aromatic N) is 3. The van der Waals surface area contributed by atoms with Gasteiger partial charge in [-0.2, -0.15) is 0 Å². The van der Waals surface area contributed by atoms with Crippen LogP contribution in [0.4, 0.5) is 10.5 Å². The molecule has 0 N–H and O–H groups in total. The van der Waals surface area contributed by atoms with Gasteiger partial charge < -0.3 is 4.74 Å². The number of ether oxygens (including phenoxy) is 1. The van der Waals surface area contributed by atoms with Crippen molar-refractivity contribution in [1.29, 1.82) is 0 Å². The summed E-state index contributed by atoms with van der Waals surface area (Å²) in [4.78, 5) is 30.8. The first kappa shape index (κ1) is 22.6. The van der Waals surface area contributed by atoms with Crippen LogP contribution in [0.5, 0.6) is 0 Å². The average Bonchev–Trinajstić information content (AvgIpc) is 3.08. The molecule has 0 saturated carbocycles. The predicted octanol–water partition coefficient (Wildman–Crippen LogP) is 1.80. The van der Waals surface area contributed by atoms with E-state index in [2.05, 4.69) is 29.0 Å². The second-order valence-corrected chi connectivity index (χ2v) is 11.6. The minimum absolute atomic E-state index is 0.101. The number of hydrogen-bond acceptors (Lipinski definition) is 4. The van der Waals surface area contributed by atoms with Gasteiger partial charge in [0.05, 0.1) is 0 Å². The molecule has 0 bridgehead atoms. The van der Waals surface area contributed by atoms with Gasteiger partial charge in [0.25, 0.3) is 0 Å². The Labute approximate surface area is 201 Å². The molecule has 1 aromatic rings. The van der Waals surface area contributed by atoms with Crippen molar-refractivity contribution in [1.82, 2.24) is 9.80 Å². The second-order valence-electron chi connectivity index (χ2n) is 8.98. The summed E-state index contributed by atoms with van der Waals surface area (Å²) in [5, 5.41) is 0. The van der Waals surface area contributed by atoms with E-state index in [1.54, 1.807) is 6.92 Å². The van der Waals surface area contributed by atoms with Gasteiger partial charge in [-0.1, -0.05) is 0 Å². The third-order valence-corrected chi connectivity index (χ3v) is 8.59. The monoisotopic (exact) mass is 613 g/mol. The van der Waals surface area contributed by atoms with Gasteiger partial charge in [0.15, 0.2) is 0 Å². The molecule has 0 aromatic heterocycles. The van der Waals surface area contributed by atoms with Crippen LogP contribution in [0.3, 0.4) is 0 Å². The fraction of sp³-hybridized carbons (Fsp3) is 0.583. The number of fused-ring (bicyclic) bond motifs is 2. The third kappa shape index (κ3) is 4.63. The molecule has 3 heterocycles. The Bertz CT molecular complexity index is 881. The van der Waals surface area contributed by atoms with Crippen LogP contribution in [0.15, 0.2) is 18.2 Å². The molecule has 1 aromatic carbocycles. The van der Waals surface area contributed by atoms with Crippen molar-refractivity contribution < 1.29 is 14.3 Å². The Morgan fingerprint density at radius 3 is 2.58 bits per heavy atom. The van der Waals surface area contributed by atoms with Gasteiger partial charge in [-0.25, -0.2) is 4.79 Å². The normalized spacial score (nSPS) is 21.0. The van der Waals surface area contributed by atoms with Gasteiger partial charge >= 0.3 is 167 Å². The van der Waals surface area contributed by atoms with Crippen molar-refractivity contribution in [3.63, 3.8) is 0 Å². The molecule has 2 fully saturated rings. The van der Waals surface area contributed by atoms with Gasteiger partial charge in [0, 0.05) is 6.42 Å². The zero-order chi connectivity index (χ0) is 22.0. The summed E-state index contributed by atoms with van der Waals surface area (Å²) in [7, 11) is 0. The number of anilines is 1. The van der Waals surface area contributed by atoms with E-state index >= 15 is 0 Å². The SMILES string of the molecule is C#CCCOC(=O)N1CCC(N2CCC3(CC2)CN(C(C)=O)c2cc[c]([Tl])cc23)CC1. The van der Waals surface area contributed by atoms with Crippen LogP contribution in [0, 0.1) is 12.3 Å². The predicted molar refractivity (Wildman–Crippen MR) is 122 cm³/mol. The van der Waals surface area contributed by atoms with Gasteiger partial charge in [-0.15, -0.1) is 12.3 Å². The summed E-state index contributed by atoms with van der Waals surface area (Å²) < 4.78 is 6.66. The molecule has 2 amide bonds. The molecule has 6 nitrogen and oxygen atoms in total. The van der Waals surface area contributed by atoms with Crippen LogP contribution < -0.4 is 8.02 Å². The minimum atomic E-state index is -0.238. The molecule has 31 heavy (non-hydrogen) atoms. The number of benzene rings is 1. The van der Waals surface area contributed by atoms with Gasteiger partial charge in [0.2, 0.25) is 0 Å². The Hall–Kier alpha value is -1.60. The van der Waals surface area contributed by atoms with Crippen molar-refractivity contribution in [2.24, 2.45) is 0 Å². The Balaban J connectivity index is 1.35. The molecule has 3 aliphatic heterocycles. The zero-order valence-electron chi connectivity index (χ0n) is 18.3. The van der Waals surface area contributed by atoms with Crippen LogP contribution in [-0.4, -0.2) is 92.9 Å². The van der Waals surface area contributed by atoms with Gasteiger partial charge in [-0.05, 0) is 0 Å². The Morgan fingerprint density at radius 1 is 1.23 bits per heavy atom. The Morgan fingerprint density at radius 2 is 1.94 bits per heavy atom. The quantitative estimate of drug-likeness (QED) is 0.297. The fourth-order valence-corrected chi connectivity index (χ4v) is 6.44. The van der Waals surface area contributed by atoms with E-state index < -0.39 is 0 Å². The molecular formula is C24H30N3O3Tl. The molecule has 0 radical (unpaired) electrons. The van der Waals surface area contributed by atoms with Crippen LogP contribution in [0.1, 0.15) is 44.6 Å². The van der Waals surface area contributed by atoms with Crippen molar-refractivity contribution in [2.45, 2.75) is 50.5 Å². The number of hydrogen-bond donors (Lipinski definition) is 0. The van der Waals surface area contributed by atoms with E-state index in [9.17, 15) is 9.59 Å². The molecule has 0 aliphatic carbocycles. The summed E-state index contributed by atoms with van der Waals surface area (Å²) >= 11 is 0.808. The van der Waals surface area contributed by atoms with Crippen molar-refractivity contribution in [3.8, 4) is 12.3 Å². The molecule has 2 saturated heterocycles. The van der Waals surface area contributed by atoms with E-state index in [4.69, 9.17) is 11.2 Å². The van der Waals surface area contributed by atoms with Gasteiger partial charge in [0.1, 0.15) is 6.61 Å². The summed E-state index contributed by atoms with van der Waals surface area (Å²) in [6.07, 6.45) is 9.59. The summed E-state index contributed by atoms with van der Waals surface area (Å²) in [5.41, 5.74) is 2.62. The first-order valence-corrected chi connectivity index (χ1v) is 13.5. The van der Waals surface area contributed by atoms with Crippen molar-refractivity contribution in [3.05, 3.63) is 23.8 Å².